The maximum absolute atomic E-state index is 12.3. The SMILES string of the molecule is CN(C(=O)c1ccc(N)cc1Cl)C1CCS(=O)(=O)C1.Cl. The molecule has 8 heteroatoms. The maximum atomic E-state index is 12.3. The van der Waals surface area contributed by atoms with E-state index >= 15 is 0 Å². The highest BCUT2D eigenvalue weighted by Gasteiger charge is 2.33. The average Bonchev–Trinajstić information content (AvgIpc) is 2.68. The molecule has 1 amide bonds. The molecule has 1 aliphatic heterocycles. The van der Waals surface area contributed by atoms with E-state index in [-0.39, 0.29) is 40.9 Å². The molecule has 0 aromatic heterocycles. The minimum Gasteiger partial charge on any atom is -0.399 e. The molecule has 1 atom stereocenters. The Morgan fingerprint density at radius 3 is 2.60 bits per heavy atom. The first-order valence-electron chi connectivity index (χ1n) is 5.83. The van der Waals surface area contributed by atoms with Crippen molar-refractivity contribution in [3.63, 3.8) is 0 Å². The third-order valence-corrected chi connectivity index (χ3v) is 5.36. The standard InChI is InChI=1S/C12H15ClN2O3S.ClH/c1-15(9-4-5-19(17,18)7-9)12(16)10-3-2-8(14)6-11(10)13;/h2-3,6,9H,4-5,7,14H2,1H3;1H. The third-order valence-electron chi connectivity index (χ3n) is 3.30. The Bertz CT molecular complexity index is 619. The van der Waals surface area contributed by atoms with Gasteiger partial charge in [0.25, 0.3) is 5.91 Å². The largest absolute Gasteiger partial charge is 0.399 e. The number of carbonyl (C=O) groups excluding carboxylic acids is 1. The summed E-state index contributed by atoms with van der Waals surface area (Å²) in [4.78, 5) is 13.7. The number of anilines is 1. The number of hydrogen-bond acceptors (Lipinski definition) is 4. The molecule has 0 saturated carbocycles. The number of amides is 1. The first kappa shape index (κ1) is 17.1. The summed E-state index contributed by atoms with van der Waals surface area (Å²) in [6.07, 6.45) is 0.469. The normalized spacial score (nSPS) is 20.2. The molecule has 0 spiro atoms. The predicted molar refractivity (Wildman–Crippen MR) is 82.3 cm³/mol. The molecular weight excluding hydrogens is 323 g/mol. The molecule has 1 saturated heterocycles. The van der Waals surface area contributed by atoms with Crippen molar-refractivity contribution in [1.29, 1.82) is 0 Å². The number of sulfone groups is 1. The number of nitrogens with two attached hydrogens (primary N) is 1. The van der Waals surface area contributed by atoms with Crippen LogP contribution < -0.4 is 5.73 Å². The van der Waals surface area contributed by atoms with E-state index in [0.717, 1.165) is 0 Å². The highest BCUT2D eigenvalue weighted by Crippen LogP contribution is 2.23. The third kappa shape index (κ3) is 3.56. The van der Waals surface area contributed by atoms with Gasteiger partial charge in [-0.1, -0.05) is 11.6 Å². The lowest BCUT2D eigenvalue weighted by Crippen LogP contribution is -2.37. The Labute approximate surface area is 129 Å². The van der Waals surface area contributed by atoms with E-state index in [4.69, 9.17) is 17.3 Å². The summed E-state index contributed by atoms with van der Waals surface area (Å²) in [5.74, 6) is -0.140. The zero-order chi connectivity index (χ0) is 14.2. The number of rotatable bonds is 2. The van der Waals surface area contributed by atoms with Crippen molar-refractivity contribution < 1.29 is 13.2 Å². The molecule has 1 unspecified atom stereocenters. The molecule has 0 aliphatic carbocycles. The molecule has 0 bridgehead atoms. The molecule has 1 heterocycles. The summed E-state index contributed by atoms with van der Waals surface area (Å²) in [6, 6.07) is 4.37. The van der Waals surface area contributed by atoms with Gasteiger partial charge in [0.15, 0.2) is 9.84 Å². The molecule has 112 valence electrons. The van der Waals surface area contributed by atoms with E-state index in [1.54, 1.807) is 19.2 Å². The molecule has 1 aliphatic rings. The van der Waals surface area contributed by atoms with Gasteiger partial charge in [-0.15, -0.1) is 12.4 Å². The van der Waals surface area contributed by atoms with Crippen LogP contribution in [0.1, 0.15) is 16.8 Å². The van der Waals surface area contributed by atoms with Crippen LogP contribution >= 0.6 is 24.0 Å². The van der Waals surface area contributed by atoms with Gasteiger partial charge >= 0.3 is 0 Å². The van der Waals surface area contributed by atoms with Crippen molar-refractivity contribution in [2.24, 2.45) is 0 Å². The van der Waals surface area contributed by atoms with E-state index < -0.39 is 9.84 Å². The van der Waals surface area contributed by atoms with Crippen molar-refractivity contribution in [3.8, 4) is 0 Å². The van der Waals surface area contributed by atoms with Crippen LogP contribution in [0.25, 0.3) is 0 Å². The van der Waals surface area contributed by atoms with Gasteiger partial charge in [0, 0.05) is 18.8 Å². The van der Waals surface area contributed by atoms with Gasteiger partial charge in [0.2, 0.25) is 0 Å². The number of carbonyl (C=O) groups is 1. The van der Waals surface area contributed by atoms with Gasteiger partial charge in [-0.25, -0.2) is 8.42 Å². The lowest BCUT2D eigenvalue weighted by molar-refractivity contribution is 0.0748. The molecule has 5 nitrogen and oxygen atoms in total. The monoisotopic (exact) mass is 338 g/mol. The number of halogens is 2. The highest BCUT2D eigenvalue weighted by molar-refractivity contribution is 7.91. The fraction of sp³-hybridized carbons (Fsp3) is 0.417. The smallest absolute Gasteiger partial charge is 0.255 e. The fourth-order valence-corrected chi connectivity index (χ4v) is 4.19. The molecule has 2 rings (SSSR count). The minimum atomic E-state index is -3.02. The molecule has 1 aromatic carbocycles. The maximum Gasteiger partial charge on any atom is 0.255 e. The Hall–Kier alpha value is -0.980. The van der Waals surface area contributed by atoms with Crippen LogP contribution in [0.3, 0.4) is 0 Å². The molecule has 2 N–H and O–H groups in total. The van der Waals surface area contributed by atoms with E-state index in [2.05, 4.69) is 0 Å². The zero-order valence-electron chi connectivity index (χ0n) is 10.9. The number of benzene rings is 1. The van der Waals surface area contributed by atoms with E-state index in [1.165, 1.54) is 11.0 Å². The Kier molecular flexibility index (Phi) is 5.29. The fourth-order valence-electron chi connectivity index (χ4n) is 2.14. The van der Waals surface area contributed by atoms with Crippen LogP contribution in [0, 0.1) is 0 Å². The van der Waals surface area contributed by atoms with Gasteiger partial charge in [0.05, 0.1) is 22.1 Å². The summed E-state index contributed by atoms with van der Waals surface area (Å²) in [5, 5.41) is 0.276. The first-order valence-corrected chi connectivity index (χ1v) is 8.03. The minimum absolute atomic E-state index is 0. The van der Waals surface area contributed by atoms with Crippen LogP contribution in [0.5, 0.6) is 0 Å². The van der Waals surface area contributed by atoms with Crippen LogP contribution in [-0.4, -0.2) is 43.8 Å². The average molecular weight is 339 g/mol. The van der Waals surface area contributed by atoms with Crippen LogP contribution in [0.4, 0.5) is 5.69 Å². The van der Waals surface area contributed by atoms with E-state index in [1.807, 2.05) is 0 Å². The zero-order valence-corrected chi connectivity index (χ0v) is 13.3. The molecule has 1 aromatic rings. The number of hydrogen-bond donors (Lipinski definition) is 1. The van der Waals surface area contributed by atoms with Crippen molar-refractivity contribution in [1.82, 2.24) is 4.90 Å². The summed E-state index contributed by atoms with van der Waals surface area (Å²) in [7, 11) is -1.42. The second-order valence-corrected chi connectivity index (χ2v) is 7.35. The van der Waals surface area contributed by atoms with Crippen LogP contribution in [0.15, 0.2) is 18.2 Å². The number of nitrogens with zero attached hydrogens (tertiary/aromatic N) is 1. The van der Waals surface area contributed by atoms with Crippen LogP contribution in [-0.2, 0) is 9.84 Å². The lowest BCUT2D eigenvalue weighted by Gasteiger charge is -2.23. The predicted octanol–water partition coefficient (Wildman–Crippen LogP) is 1.60. The van der Waals surface area contributed by atoms with E-state index in [0.29, 0.717) is 17.7 Å². The van der Waals surface area contributed by atoms with Gasteiger partial charge in [-0.05, 0) is 24.6 Å². The van der Waals surface area contributed by atoms with Crippen molar-refractivity contribution >= 4 is 45.4 Å². The molecule has 20 heavy (non-hydrogen) atoms. The quantitative estimate of drug-likeness (QED) is 0.830. The summed E-state index contributed by atoms with van der Waals surface area (Å²) < 4.78 is 22.9. The van der Waals surface area contributed by atoms with Gasteiger partial charge < -0.3 is 10.6 Å². The number of nitrogen functional groups attached to an aromatic ring is 1. The highest BCUT2D eigenvalue weighted by atomic mass is 35.5. The van der Waals surface area contributed by atoms with Crippen molar-refractivity contribution in [2.75, 3.05) is 24.3 Å². The topological polar surface area (TPSA) is 80.5 Å². The van der Waals surface area contributed by atoms with E-state index in [9.17, 15) is 13.2 Å². The summed E-state index contributed by atoms with van der Waals surface area (Å²) in [6.45, 7) is 0. The van der Waals surface area contributed by atoms with Gasteiger partial charge in [-0.2, -0.15) is 0 Å². The Morgan fingerprint density at radius 2 is 2.10 bits per heavy atom. The Balaban J connectivity index is 0.00000200. The van der Waals surface area contributed by atoms with Crippen LogP contribution in [0.2, 0.25) is 5.02 Å². The second kappa shape index (κ2) is 6.20. The molecule has 0 radical (unpaired) electrons. The molecular formula is C12H16Cl2N2O3S. The van der Waals surface area contributed by atoms with Gasteiger partial charge in [-0.3, -0.25) is 4.79 Å². The molecule has 1 fully saturated rings. The Morgan fingerprint density at radius 1 is 1.45 bits per heavy atom. The first-order chi connectivity index (χ1) is 8.80. The second-order valence-electron chi connectivity index (χ2n) is 4.71. The van der Waals surface area contributed by atoms with Crippen molar-refractivity contribution in [3.05, 3.63) is 28.8 Å². The summed E-state index contributed by atoms with van der Waals surface area (Å²) >= 11 is 5.99. The lowest BCUT2D eigenvalue weighted by atomic mass is 10.1. The summed E-state index contributed by atoms with van der Waals surface area (Å²) in [5.41, 5.74) is 6.39. The van der Waals surface area contributed by atoms with Gasteiger partial charge in [0.1, 0.15) is 0 Å². The van der Waals surface area contributed by atoms with Crippen molar-refractivity contribution in [2.45, 2.75) is 12.5 Å².